The highest BCUT2D eigenvalue weighted by molar-refractivity contribution is 5.99. The van der Waals surface area contributed by atoms with Crippen molar-refractivity contribution in [3.05, 3.63) is 47.5 Å². The maximum atomic E-state index is 12.5. The van der Waals surface area contributed by atoms with Gasteiger partial charge in [0.25, 0.3) is 0 Å². The number of anilines is 2. The van der Waals surface area contributed by atoms with Crippen LogP contribution in [0, 0.1) is 13.8 Å². The minimum Gasteiger partial charge on any atom is -0.506 e. The van der Waals surface area contributed by atoms with Crippen molar-refractivity contribution >= 4 is 17.3 Å². The van der Waals surface area contributed by atoms with Crippen molar-refractivity contribution < 1.29 is 15.0 Å². The van der Waals surface area contributed by atoms with E-state index in [1.165, 1.54) is 0 Å². The summed E-state index contributed by atoms with van der Waals surface area (Å²) in [5.74, 6) is 0.199. The van der Waals surface area contributed by atoms with Gasteiger partial charge in [0.1, 0.15) is 11.5 Å². The molecule has 0 atom stereocenters. The lowest BCUT2D eigenvalue weighted by Crippen LogP contribution is -2.50. The van der Waals surface area contributed by atoms with Gasteiger partial charge in [0.05, 0.1) is 17.9 Å². The third-order valence-electron chi connectivity index (χ3n) is 4.11. The quantitative estimate of drug-likeness (QED) is 0.894. The van der Waals surface area contributed by atoms with Crippen LogP contribution in [0.4, 0.5) is 11.4 Å². The smallest absolute Gasteiger partial charge is 0.246 e. The van der Waals surface area contributed by atoms with Crippen LogP contribution in [0.25, 0.3) is 0 Å². The van der Waals surface area contributed by atoms with Crippen molar-refractivity contribution in [1.29, 1.82) is 0 Å². The molecule has 1 heterocycles. The maximum Gasteiger partial charge on any atom is 0.246 e. The van der Waals surface area contributed by atoms with E-state index in [0.29, 0.717) is 24.5 Å². The van der Waals surface area contributed by atoms with Crippen molar-refractivity contribution in [2.75, 3.05) is 29.4 Å². The summed E-state index contributed by atoms with van der Waals surface area (Å²) in [6, 6.07) is 10.7. The zero-order valence-electron chi connectivity index (χ0n) is 13.3. The van der Waals surface area contributed by atoms with Gasteiger partial charge in [0.15, 0.2) is 0 Å². The van der Waals surface area contributed by atoms with Crippen molar-refractivity contribution in [3.8, 4) is 11.5 Å². The minimum absolute atomic E-state index is 0.102. The molecule has 1 aliphatic heterocycles. The predicted octanol–water partition coefficient (Wildman–Crippen LogP) is 2.57. The lowest BCUT2D eigenvalue weighted by molar-refractivity contribution is -0.117. The Labute approximate surface area is 135 Å². The lowest BCUT2D eigenvalue weighted by atomic mass is 10.1. The molecule has 23 heavy (non-hydrogen) atoms. The Morgan fingerprint density at radius 2 is 1.43 bits per heavy atom. The molecular weight excluding hydrogens is 292 g/mol. The summed E-state index contributed by atoms with van der Waals surface area (Å²) in [6.45, 7) is 5.03. The molecular formula is C18H20N2O3. The van der Waals surface area contributed by atoms with E-state index in [-0.39, 0.29) is 24.0 Å². The van der Waals surface area contributed by atoms with E-state index < -0.39 is 0 Å². The summed E-state index contributed by atoms with van der Waals surface area (Å²) in [6.07, 6.45) is 0. The normalized spacial score (nSPS) is 15.1. The van der Waals surface area contributed by atoms with Crippen molar-refractivity contribution in [2.24, 2.45) is 0 Å². The van der Waals surface area contributed by atoms with E-state index >= 15 is 0 Å². The second-order valence-electron chi connectivity index (χ2n) is 5.95. The number of carbonyl (C=O) groups excluding carboxylic acids is 1. The summed E-state index contributed by atoms with van der Waals surface area (Å²) >= 11 is 0. The molecule has 1 aliphatic rings. The van der Waals surface area contributed by atoms with Gasteiger partial charge in [-0.2, -0.15) is 0 Å². The molecule has 0 aliphatic carbocycles. The van der Waals surface area contributed by atoms with Crippen LogP contribution in [0.2, 0.25) is 0 Å². The van der Waals surface area contributed by atoms with Crippen LogP contribution in [0.3, 0.4) is 0 Å². The topological polar surface area (TPSA) is 64.0 Å². The number of amides is 1. The first-order valence-corrected chi connectivity index (χ1v) is 7.60. The molecule has 1 fully saturated rings. The SMILES string of the molecule is Cc1ccc(N2CCN(c3ccc(C)cc3O)C(=O)C2)c(O)c1. The third kappa shape index (κ3) is 2.95. The predicted molar refractivity (Wildman–Crippen MR) is 90.3 cm³/mol. The average molecular weight is 312 g/mol. The summed E-state index contributed by atoms with van der Waals surface area (Å²) in [4.78, 5) is 15.9. The lowest BCUT2D eigenvalue weighted by Gasteiger charge is -2.36. The summed E-state index contributed by atoms with van der Waals surface area (Å²) < 4.78 is 0. The number of phenols is 2. The molecule has 5 heteroatoms. The Kier molecular flexibility index (Phi) is 3.86. The summed E-state index contributed by atoms with van der Waals surface area (Å²) in [5.41, 5.74) is 3.12. The molecule has 2 N–H and O–H groups in total. The van der Waals surface area contributed by atoms with Gasteiger partial charge in [-0.3, -0.25) is 4.79 Å². The van der Waals surface area contributed by atoms with E-state index in [1.54, 1.807) is 23.1 Å². The van der Waals surface area contributed by atoms with Crippen LogP contribution in [0.1, 0.15) is 11.1 Å². The standard InChI is InChI=1S/C18H20N2O3/c1-12-3-5-14(16(21)9-12)19-7-8-20(18(23)11-19)15-6-4-13(2)10-17(15)22/h3-6,9-10,21-22H,7-8,11H2,1-2H3. The van der Waals surface area contributed by atoms with Gasteiger partial charge in [-0.05, 0) is 49.2 Å². The first kappa shape index (κ1) is 15.2. The van der Waals surface area contributed by atoms with Gasteiger partial charge >= 0.3 is 0 Å². The molecule has 0 aromatic heterocycles. The monoisotopic (exact) mass is 312 g/mol. The first-order chi connectivity index (χ1) is 11.0. The summed E-state index contributed by atoms with van der Waals surface area (Å²) in [5, 5.41) is 20.2. The molecule has 5 nitrogen and oxygen atoms in total. The first-order valence-electron chi connectivity index (χ1n) is 7.60. The molecule has 0 bridgehead atoms. The molecule has 0 spiro atoms. The van der Waals surface area contributed by atoms with Gasteiger partial charge < -0.3 is 20.0 Å². The Bertz CT molecular complexity index is 758. The highest BCUT2D eigenvalue weighted by Gasteiger charge is 2.27. The van der Waals surface area contributed by atoms with Crippen LogP contribution < -0.4 is 9.80 Å². The van der Waals surface area contributed by atoms with Gasteiger partial charge in [-0.1, -0.05) is 12.1 Å². The number of hydrogen-bond donors (Lipinski definition) is 2. The Morgan fingerprint density at radius 1 is 0.870 bits per heavy atom. The van der Waals surface area contributed by atoms with E-state index in [2.05, 4.69) is 0 Å². The third-order valence-corrected chi connectivity index (χ3v) is 4.11. The fourth-order valence-corrected chi connectivity index (χ4v) is 2.90. The van der Waals surface area contributed by atoms with Crippen LogP contribution in [0.15, 0.2) is 36.4 Å². The van der Waals surface area contributed by atoms with E-state index in [9.17, 15) is 15.0 Å². The number of piperazine rings is 1. The second-order valence-corrected chi connectivity index (χ2v) is 5.95. The minimum atomic E-state index is -0.102. The number of benzene rings is 2. The molecule has 1 amide bonds. The van der Waals surface area contributed by atoms with Gasteiger partial charge in [-0.25, -0.2) is 0 Å². The van der Waals surface area contributed by atoms with Gasteiger partial charge in [-0.15, -0.1) is 0 Å². The van der Waals surface area contributed by atoms with Crippen LogP contribution >= 0.6 is 0 Å². The maximum absolute atomic E-state index is 12.5. The number of carbonyl (C=O) groups is 1. The fourth-order valence-electron chi connectivity index (χ4n) is 2.90. The molecule has 2 aromatic carbocycles. The number of aromatic hydroxyl groups is 2. The highest BCUT2D eigenvalue weighted by atomic mass is 16.3. The molecule has 2 aromatic rings. The van der Waals surface area contributed by atoms with Gasteiger partial charge in [0, 0.05) is 13.1 Å². The molecule has 0 unspecified atom stereocenters. The molecule has 1 saturated heterocycles. The van der Waals surface area contributed by atoms with E-state index in [1.807, 2.05) is 36.9 Å². The largest absolute Gasteiger partial charge is 0.506 e. The molecule has 0 saturated carbocycles. The fraction of sp³-hybridized carbons (Fsp3) is 0.278. The number of aryl methyl sites for hydroxylation is 2. The van der Waals surface area contributed by atoms with Gasteiger partial charge in [0.2, 0.25) is 5.91 Å². The van der Waals surface area contributed by atoms with E-state index in [4.69, 9.17) is 0 Å². The summed E-state index contributed by atoms with van der Waals surface area (Å²) in [7, 11) is 0. The van der Waals surface area contributed by atoms with Crippen molar-refractivity contribution in [2.45, 2.75) is 13.8 Å². The second kappa shape index (κ2) is 5.83. The number of rotatable bonds is 2. The molecule has 120 valence electrons. The van der Waals surface area contributed by atoms with Crippen LogP contribution in [-0.2, 0) is 4.79 Å². The van der Waals surface area contributed by atoms with E-state index in [0.717, 1.165) is 11.1 Å². The highest BCUT2D eigenvalue weighted by Crippen LogP contribution is 2.32. The average Bonchev–Trinajstić information content (AvgIpc) is 2.48. The van der Waals surface area contributed by atoms with Crippen molar-refractivity contribution in [3.63, 3.8) is 0 Å². The molecule has 0 radical (unpaired) electrons. The van der Waals surface area contributed by atoms with Crippen LogP contribution in [-0.4, -0.2) is 35.8 Å². The number of phenolic OH excluding ortho intramolecular Hbond substituents is 2. The Hall–Kier alpha value is -2.69. The Morgan fingerprint density at radius 3 is 1.96 bits per heavy atom. The zero-order chi connectivity index (χ0) is 16.6. The molecule has 3 rings (SSSR count). The van der Waals surface area contributed by atoms with Crippen LogP contribution in [0.5, 0.6) is 11.5 Å². The number of nitrogens with zero attached hydrogens (tertiary/aromatic N) is 2. The number of hydrogen-bond acceptors (Lipinski definition) is 4. The Balaban J connectivity index is 1.81. The zero-order valence-corrected chi connectivity index (χ0v) is 13.3. The van der Waals surface area contributed by atoms with Crippen molar-refractivity contribution in [1.82, 2.24) is 0 Å².